The molecule has 0 spiro atoms. The van der Waals surface area contributed by atoms with Crippen molar-refractivity contribution in [1.82, 2.24) is 5.32 Å². The van der Waals surface area contributed by atoms with Crippen molar-refractivity contribution in [2.24, 2.45) is 0 Å². The normalized spacial score (nSPS) is 12.2. The molecule has 1 aromatic carbocycles. The number of nitrogens with one attached hydrogen (secondary N) is 1. The van der Waals surface area contributed by atoms with Crippen LogP contribution in [0.3, 0.4) is 0 Å². The van der Waals surface area contributed by atoms with E-state index < -0.39 is 0 Å². The summed E-state index contributed by atoms with van der Waals surface area (Å²) in [6.07, 6.45) is 0.999. The van der Waals surface area contributed by atoms with Gasteiger partial charge in [0.25, 0.3) is 5.91 Å². The van der Waals surface area contributed by atoms with Crippen molar-refractivity contribution in [2.75, 3.05) is 11.5 Å². The first-order valence-electron chi connectivity index (χ1n) is 5.87. The smallest absolute Gasteiger partial charge is 0.251 e. The largest absolute Gasteiger partial charge is 0.350 e. The predicted octanol–water partition coefficient (Wildman–Crippen LogP) is 4.47. The summed E-state index contributed by atoms with van der Waals surface area (Å²) in [6, 6.07) is 5.77. The molecular weight excluding hydrogens is 378 g/mol. The SMILES string of the molecule is CCSCCC(C)NC(=O)c1cc(Br)cc(Br)c1. The van der Waals surface area contributed by atoms with E-state index in [9.17, 15) is 4.79 Å². The van der Waals surface area contributed by atoms with Crippen molar-refractivity contribution in [2.45, 2.75) is 26.3 Å². The number of benzene rings is 1. The fourth-order valence-corrected chi connectivity index (χ4v) is 3.57. The number of hydrogen-bond donors (Lipinski definition) is 1. The van der Waals surface area contributed by atoms with Crippen LogP contribution in [-0.2, 0) is 0 Å². The molecule has 0 aromatic heterocycles. The molecule has 1 aromatic rings. The summed E-state index contributed by atoms with van der Waals surface area (Å²) < 4.78 is 1.80. The minimum atomic E-state index is -0.0222. The zero-order chi connectivity index (χ0) is 13.5. The number of halogens is 2. The van der Waals surface area contributed by atoms with Gasteiger partial charge >= 0.3 is 0 Å². The average molecular weight is 395 g/mol. The average Bonchev–Trinajstić information content (AvgIpc) is 2.28. The fourth-order valence-electron chi connectivity index (χ4n) is 1.47. The van der Waals surface area contributed by atoms with Crippen molar-refractivity contribution in [3.63, 3.8) is 0 Å². The second-order valence-corrected chi connectivity index (χ2v) is 7.24. The number of rotatable bonds is 6. The van der Waals surface area contributed by atoms with Gasteiger partial charge in [0.2, 0.25) is 0 Å². The molecule has 1 atom stereocenters. The summed E-state index contributed by atoms with van der Waals surface area (Å²) in [4.78, 5) is 12.0. The molecule has 1 rings (SSSR count). The molecule has 0 aliphatic rings. The van der Waals surface area contributed by atoms with Crippen LogP contribution in [0.25, 0.3) is 0 Å². The molecule has 0 aliphatic carbocycles. The summed E-state index contributed by atoms with van der Waals surface area (Å²) in [5.74, 6) is 2.19. The molecule has 0 heterocycles. The number of carbonyl (C=O) groups is 1. The molecule has 1 amide bonds. The van der Waals surface area contributed by atoms with Crippen molar-refractivity contribution < 1.29 is 4.79 Å². The van der Waals surface area contributed by atoms with Gasteiger partial charge in [0.05, 0.1) is 0 Å². The number of thioether (sulfide) groups is 1. The van der Waals surface area contributed by atoms with E-state index in [4.69, 9.17) is 0 Å². The number of amides is 1. The Morgan fingerprint density at radius 1 is 1.33 bits per heavy atom. The van der Waals surface area contributed by atoms with Crippen LogP contribution in [0.2, 0.25) is 0 Å². The summed E-state index contributed by atoms with van der Waals surface area (Å²) in [5.41, 5.74) is 0.672. The molecule has 0 saturated heterocycles. The molecule has 0 saturated carbocycles. The van der Waals surface area contributed by atoms with Crippen LogP contribution in [0, 0.1) is 0 Å². The third-order valence-electron chi connectivity index (χ3n) is 2.40. The second kappa shape index (κ2) is 8.23. The van der Waals surface area contributed by atoms with E-state index in [2.05, 4.69) is 44.1 Å². The van der Waals surface area contributed by atoms with Gasteiger partial charge in [0.1, 0.15) is 0 Å². The quantitative estimate of drug-likeness (QED) is 0.721. The molecule has 1 N–H and O–H groups in total. The van der Waals surface area contributed by atoms with Crippen molar-refractivity contribution in [1.29, 1.82) is 0 Å². The Kier molecular flexibility index (Phi) is 7.34. The Balaban J connectivity index is 2.54. The van der Waals surface area contributed by atoms with E-state index in [0.717, 1.165) is 26.9 Å². The zero-order valence-electron chi connectivity index (χ0n) is 10.5. The van der Waals surface area contributed by atoms with E-state index in [0.29, 0.717) is 5.56 Å². The zero-order valence-corrected chi connectivity index (χ0v) is 14.5. The van der Waals surface area contributed by atoms with Crippen LogP contribution in [0.15, 0.2) is 27.1 Å². The highest BCUT2D eigenvalue weighted by Gasteiger charge is 2.10. The van der Waals surface area contributed by atoms with E-state index in [1.165, 1.54) is 0 Å². The lowest BCUT2D eigenvalue weighted by atomic mass is 10.2. The van der Waals surface area contributed by atoms with Gasteiger partial charge < -0.3 is 5.32 Å². The van der Waals surface area contributed by atoms with E-state index in [1.807, 2.05) is 36.9 Å². The highest BCUT2D eigenvalue weighted by Crippen LogP contribution is 2.20. The van der Waals surface area contributed by atoms with Crippen molar-refractivity contribution >= 4 is 49.5 Å². The molecular formula is C13H17Br2NOS. The molecule has 0 radical (unpaired) electrons. The lowest BCUT2D eigenvalue weighted by Gasteiger charge is -2.13. The number of hydrogen-bond acceptors (Lipinski definition) is 2. The van der Waals surface area contributed by atoms with Gasteiger partial charge in [0, 0.05) is 20.6 Å². The third kappa shape index (κ3) is 5.76. The summed E-state index contributed by atoms with van der Waals surface area (Å²) in [6.45, 7) is 4.19. The Morgan fingerprint density at radius 3 is 2.50 bits per heavy atom. The highest BCUT2D eigenvalue weighted by atomic mass is 79.9. The topological polar surface area (TPSA) is 29.1 Å². The van der Waals surface area contributed by atoms with Gasteiger partial charge in [-0.1, -0.05) is 38.8 Å². The molecule has 18 heavy (non-hydrogen) atoms. The van der Waals surface area contributed by atoms with Crippen LogP contribution in [0.1, 0.15) is 30.6 Å². The maximum atomic E-state index is 12.0. The van der Waals surface area contributed by atoms with E-state index in [-0.39, 0.29) is 11.9 Å². The van der Waals surface area contributed by atoms with Crippen LogP contribution in [0.5, 0.6) is 0 Å². The van der Waals surface area contributed by atoms with Gasteiger partial charge in [0.15, 0.2) is 0 Å². The van der Waals surface area contributed by atoms with E-state index in [1.54, 1.807) is 0 Å². The van der Waals surface area contributed by atoms with Gasteiger partial charge in [-0.25, -0.2) is 0 Å². The Bertz CT molecular complexity index is 392. The van der Waals surface area contributed by atoms with Gasteiger partial charge in [-0.05, 0) is 43.0 Å². The van der Waals surface area contributed by atoms with Crippen LogP contribution in [-0.4, -0.2) is 23.5 Å². The predicted molar refractivity (Wildman–Crippen MR) is 86.4 cm³/mol. The van der Waals surface area contributed by atoms with Crippen molar-refractivity contribution in [3.05, 3.63) is 32.7 Å². The minimum absolute atomic E-state index is 0.0222. The summed E-state index contributed by atoms with van der Waals surface area (Å²) in [7, 11) is 0. The first-order valence-corrected chi connectivity index (χ1v) is 8.61. The summed E-state index contributed by atoms with van der Waals surface area (Å²) >= 11 is 8.67. The minimum Gasteiger partial charge on any atom is -0.350 e. The third-order valence-corrected chi connectivity index (χ3v) is 4.25. The molecule has 100 valence electrons. The van der Waals surface area contributed by atoms with Crippen LogP contribution in [0.4, 0.5) is 0 Å². The molecule has 0 fully saturated rings. The molecule has 1 unspecified atom stereocenters. The van der Waals surface area contributed by atoms with Crippen LogP contribution < -0.4 is 5.32 Å². The Morgan fingerprint density at radius 2 is 1.94 bits per heavy atom. The standard InChI is InChI=1S/C13H17Br2NOS/c1-3-18-5-4-9(2)16-13(17)10-6-11(14)8-12(15)7-10/h6-9H,3-5H2,1-2H3,(H,16,17). The van der Waals surface area contributed by atoms with Crippen LogP contribution >= 0.6 is 43.6 Å². The summed E-state index contributed by atoms with van der Waals surface area (Å²) in [5, 5.41) is 3.02. The lowest BCUT2D eigenvalue weighted by Crippen LogP contribution is -2.32. The maximum absolute atomic E-state index is 12.0. The molecule has 0 aliphatic heterocycles. The maximum Gasteiger partial charge on any atom is 0.251 e. The van der Waals surface area contributed by atoms with Crippen molar-refractivity contribution in [3.8, 4) is 0 Å². The van der Waals surface area contributed by atoms with Gasteiger partial charge in [-0.15, -0.1) is 0 Å². The number of carbonyl (C=O) groups excluding carboxylic acids is 1. The van der Waals surface area contributed by atoms with E-state index >= 15 is 0 Å². The monoisotopic (exact) mass is 393 g/mol. The first-order chi connectivity index (χ1) is 8.52. The molecule has 2 nitrogen and oxygen atoms in total. The molecule has 5 heteroatoms. The Hall–Kier alpha value is -0.000000000000000111. The van der Waals surface area contributed by atoms with Gasteiger partial charge in [-0.3, -0.25) is 4.79 Å². The second-order valence-electron chi connectivity index (χ2n) is 4.02. The van der Waals surface area contributed by atoms with Gasteiger partial charge in [-0.2, -0.15) is 11.8 Å². The molecule has 0 bridgehead atoms. The fraction of sp³-hybridized carbons (Fsp3) is 0.462. The Labute approximate surface area is 130 Å². The first kappa shape index (κ1) is 16.1. The highest BCUT2D eigenvalue weighted by molar-refractivity contribution is 9.11. The lowest BCUT2D eigenvalue weighted by molar-refractivity contribution is 0.0939.